The van der Waals surface area contributed by atoms with Gasteiger partial charge in [-0.15, -0.1) is 0 Å². The summed E-state index contributed by atoms with van der Waals surface area (Å²) in [5, 5.41) is 14.7. The molecule has 4 aromatic carbocycles. The minimum Gasteiger partial charge on any atom is -0.497 e. The summed E-state index contributed by atoms with van der Waals surface area (Å²) in [5.74, 6) is -0.825. The Kier molecular flexibility index (Phi) is 9.50. The van der Waals surface area contributed by atoms with Crippen molar-refractivity contribution in [2.24, 2.45) is 5.10 Å². The van der Waals surface area contributed by atoms with E-state index in [4.69, 9.17) is 14.2 Å². The number of amides is 1. The van der Waals surface area contributed by atoms with Crippen LogP contribution in [0.4, 0.5) is 5.69 Å². The van der Waals surface area contributed by atoms with Crippen LogP contribution in [0, 0.1) is 10.1 Å². The summed E-state index contributed by atoms with van der Waals surface area (Å²) in [4.78, 5) is 47.7. The lowest BCUT2D eigenvalue weighted by Crippen LogP contribution is -2.17. The van der Waals surface area contributed by atoms with Gasteiger partial charge in [0.05, 0.1) is 23.8 Å². The van der Waals surface area contributed by atoms with Gasteiger partial charge in [-0.25, -0.2) is 15.0 Å². The van der Waals surface area contributed by atoms with Crippen LogP contribution >= 0.6 is 0 Å². The number of ether oxygens (including phenoxy) is 3. The smallest absolute Gasteiger partial charge is 0.343 e. The number of carbonyl (C=O) groups excluding carboxylic acids is 3. The number of rotatable bonds is 10. The Morgan fingerprint density at radius 2 is 1.38 bits per heavy atom. The highest BCUT2D eigenvalue weighted by molar-refractivity contribution is 5.96. The molecule has 11 heteroatoms. The van der Waals surface area contributed by atoms with Crippen molar-refractivity contribution in [3.63, 3.8) is 0 Å². The molecule has 1 amide bonds. The quantitative estimate of drug-likeness (QED) is 0.0689. The van der Waals surface area contributed by atoms with Crippen molar-refractivity contribution >= 4 is 35.8 Å². The van der Waals surface area contributed by atoms with Crippen LogP contribution in [0.1, 0.15) is 31.8 Å². The van der Waals surface area contributed by atoms with E-state index in [1.54, 1.807) is 72.8 Å². The van der Waals surface area contributed by atoms with Crippen LogP contribution in [0.2, 0.25) is 0 Å². The first kappa shape index (κ1) is 28.9. The number of nitro benzene ring substituents is 1. The Morgan fingerprint density at radius 1 is 0.786 bits per heavy atom. The maximum atomic E-state index is 12.6. The second-order valence-corrected chi connectivity index (χ2v) is 8.45. The maximum absolute atomic E-state index is 12.6. The lowest BCUT2D eigenvalue weighted by atomic mass is 10.1. The second-order valence-electron chi connectivity index (χ2n) is 8.45. The summed E-state index contributed by atoms with van der Waals surface area (Å²) < 4.78 is 16.1. The fourth-order valence-corrected chi connectivity index (χ4v) is 3.54. The SMILES string of the molecule is COc1ccc(C(=O)Oc2ccccc2/C=C/C(=O)Oc2ccccc2/C=N/NC(=O)c2ccc([N+](=O)[O-])cc2)cc1. The van der Waals surface area contributed by atoms with Crippen LogP contribution in [0.5, 0.6) is 17.2 Å². The summed E-state index contributed by atoms with van der Waals surface area (Å²) in [6.45, 7) is 0. The Bertz CT molecular complexity index is 1660. The van der Waals surface area contributed by atoms with E-state index in [1.807, 2.05) is 0 Å². The molecule has 11 nitrogen and oxygen atoms in total. The lowest BCUT2D eigenvalue weighted by molar-refractivity contribution is -0.384. The number of hydrazone groups is 1. The Hall–Kier alpha value is -6.10. The molecule has 4 aromatic rings. The van der Waals surface area contributed by atoms with Crippen LogP contribution in [0.15, 0.2) is 108 Å². The van der Waals surface area contributed by atoms with E-state index in [0.717, 1.165) is 0 Å². The van der Waals surface area contributed by atoms with Crippen molar-refractivity contribution in [3.05, 3.63) is 136 Å². The van der Waals surface area contributed by atoms with Gasteiger partial charge in [0.15, 0.2) is 0 Å². The molecule has 4 rings (SSSR count). The Morgan fingerprint density at radius 3 is 2.02 bits per heavy atom. The first-order valence-electron chi connectivity index (χ1n) is 12.4. The Labute approximate surface area is 239 Å². The molecule has 0 saturated carbocycles. The molecule has 0 heterocycles. The number of esters is 2. The number of benzene rings is 4. The topological polar surface area (TPSA) is 146 Å². The highest BCUT2D eigenvalue weighted by Gasteiger charge is 2.12. The molecule has 0 aliphatic rings. The van der Waals surface area contributed by atoms with E-state index in [1.165, 1.54) is 49.7 Å². The van der Waals surface area contributed by atoms with Crippen molar-refractivity contribution in [1.29, 1.82) is 0 Å². The van der Waals surface area contributed by atoms with Gasteiger partial charge in [0, 0.05) is 34.9 Å². The first-order valence-corrected chi connectivity index (χ1v) is 12.4. The normalized spacial score (nSPS) is 10.8. The minimum absolute atomic E-state index is 0.141. The van der Waals surface area contributed by atoms with E-state index in [2.05, 4.69) is 10.5 Å². The molecule has 0 aliphatic carbocycles. The molecule has 0 unspecified atom stereocenters. The molecule has 0 atom stereocenters. The first-order chi connectivity index (χ1) is 20.3. The van der Waals surface area contributed by atoms with Crippen LogP contribution in [0.25, 0.3) is 6.08 Å². The van der Waals surface area contributed by atoms with Gasteiger partial charge >= 0.3 is 11.9 Å². The zero-order chi connectivity index (χ0) is 29.9. The third kappa shape index (κ3) is 7.73. The minimum atomic E-state index is -0.706. The number of non-ortho nitro benzene ring substituents is 1. The number of nitrogens with zero attached hydrogens (tertiary/aromatic N) is 2. The molecule has 0 saturated heterocycles. The second kappa shape index (κ2) is 13.8. The van der Waals surface area contributed by atoms with Gasteiger partial charge < -0.3 is 14.2 Å². The highest BCUT2D eigenvalue weighted by atomic mass is 16.6. The van der Waals surface area contributed by atoms with Crippen LogP contribution in [-0.4, -0.2) is 36.1 Å². The fraction of sp³-hybridized carbons (Fsp3) is 0.0323. The van der Waals surface area contributed by atoms with E-state index in [9.17, 15) is 24.5 Å². The predicted molar refractivity (Wildman–Crippen MR) is 154 cm³/mol. The maximum Gasteiger partial charge on any atom is 0.343 e. The number of nitro groups is 1. The van der Waals surface area contributed by atoms with Crippen LogP contribution in [-0.2, 0) is 4.79 Å². The van der Waals surface area contributed by atoms with E-state index < -0.39 is 22.8 Å². The molecule has 42 heavy (non-hydrogen) atoms. The number of nitrogens with one attached hydrogen (secondary N) is 1. The summed E-state index contributed by atoms with van der Waals surface area (Å²) in [6, 6.07) is 24.7. The molecule has 0 radical (unpaired) electrons. The van der Waals surface area contributed by atoms with Gasteiger partial charge in [0.2, 0.25) is 0 Å². The average Bonchev–Trinajstić information content (AvgIpc) is 3.01. The summed E-state index contributed by atoms with van der Waals surface area (Å²) in [7, 11) is 1.53. The van der Waals surface area contributed by atoms with Crippen molar-refractivity contribution in [1.82, 2.24) is 5.43 Å². The monoisotopic (exact) mass is 565 g/mol. The molecule has 0 aliphatic heterocycles. The molecular formula is C31H23N3O8. The van der Waals surface area contributed by atoms with Crippen LogP contribution < -0.4 is 19.6 Å². The molecule has 1 N–H and O–H groups in total. The summed E-state index contributed by atoms with van der Waals surface area (Å²) in [6.07, 6.45) is 3.94. The number of para-hydroxylation sites is 2. The van der Waals surface area contributed by atoms with Gasteiger partial charge in [0.25, 0.3) is 11.6 Å². The number of hydrogen-bond acceptors (Lipinski definition) is 9. The zero-order valence-electron chi connectivity index (χ0n) is 22.1. The summed E-state index contributed by atoms with van der Waals surface area (Å²) in [5.41, 5.74) is 3.56. The largest absolute Gasteiger partial charge is 0.497 e. The predicted octanol–water partition coefficient (Wildman–Crippen LogP) is 5.21. The molecule has 0 aromatic heterocycles. The summed E-state index contributed by atoms with van der Waals surface area (Å²) >= 11 is 0. The highest BCUT2D eigenvalue weighted by Crippen LogP contribution is 2.22. The standard InChI is InChI=1S/C31H23N3O8/c1-40-26-17-12-23(13-18-26)31(37)42-27-8-4-2-6-21(27)14-19-29(35)41-28-9-5-3-7-24(28)20-32-33-30(36)22-10-15-25(16-11-22)34(38)39/h2-20H,1H3,(H,33,36)/b19-14+,32-20+. The molecular weight excluding hydrogens is 542 g/mol. The van der Waals surface area contributed by atoms with Gasteiger partial charge in [-0.3, -0.25) is 14.9 Å². The Balaban J connectivity index is 1.39. The van der Waals surface area contributed by atoms with Crippen molar-refractivity contribution in [2.75, 3.05) is 7.11 Å². The van der Waals surface area contributed by atoms with Crippen molar-refractivity contribution in [2.45, 2.75) is 0 Å². The molecule has 0 fully saturated rings. The number of methoxy groups -OCH3 is 1. The van der Waals surface area contributed by atoms with E-state index >= 15 is 0 Å². The van der Waals surface area contributed by atoms with Gasteiger partial charge in [-0.2, -0.15) is 5.10 Å². The zero-order valence-corrected chi connectivity index (χ0v) is 22.1. The molecule has 0 spiro atoms. The fourth-order valence-electron chi connectivity index (χ4n) is 3.54. The van der Waals surface area contributed by atoms with Gasteiger partial charge in [0.1, 0.15) is 17.2 Å². The number of carbonyl (C=O) groups is 3. The number of hydrogen-bond donors (Lipinski definition) is 1. The molecule has 210 valence electrons. The van der Waals surface area contributed by atoms with Gasteiger partial charge in [-0.05, 0) is 60.7 Å². The van der Waals surface area contributed by atoms with Crippen molar-refractivity contribution in [3.8, 4) is 17.2 Å². The van der Waals surface area contributed by atoms with Crippen molar-refractivity contribution < 1.29 is 33.5 Å². The third-order valence-electron chi connectivity index (χ3n) is 5.69. The molecule has 0 bridgehead atoms. The van der Waals surface area contributed by atoms with E-state index in [-0.39, 0.29) is 22.7 Å². The van der Waals surface area contributed by atoms with E-state index in [0.29, 0.717) is 22.4 Å². The lowest BCUT2D eigenvalue weighted by Gasteiger charge is -2.08. The average molecular weight is 566 g/mol. The van der Waals surface area contributed by atoms with Gasteiger partial charge in [-0.1, -0.05) is 30.3 Å². The third-order valence-corrected chi connectivity index (χ3v) is 5.69. The van der Waals surface area contributed by atoms with Crippen LogP contribution in [0.3, 0.4) is 0 Å².